The highest BCUT2D eigenvalue weighted by atomic mass is 19.1. The minimum atomic E-state index is -0.249. The van der Waals surface area contributed by atoms with Gasteiger partial charge >= 0.3 is 0 Å². The van der Waals surface area contributed by atoms with Crippen molar-refractivity contribution < 1.29 is 4.39 Å². The Balaban J connectivity index is 1.29. The number of halogens is 1. The SMILES string of the molecule is CCCCCCCC1CCC(c2ccc(-c3cnc(-c4ccc(F)cc4)nc3)cc2)CC1. The van der Waals surface area contributed by atoms with E-state index in [0.717, 1.165) is 22.6 Å². The van der Waals surface area contributed by atoms with Gasteiger partial charge in [0, 0.05) is 23.5 Å². The molecule has 0 radical (unpaired) electrons. The second-order valence-electron chi connectivity index (χ2n) is 9.34. The highest BCUT2D eigenvalue weighted by Gasteiger charge is 2.22. The van der Waals surface area contributed by atoms with E-state index in [1.807, 2.05) is 12.4 Å². The summed E-state index contributed by atoms with van der Waals surface area (Å²) in [4.78, 5) is 8.97. The van der Waals surface area contributed by atoms with Gasteiger partial charge in [-0.25, -0.2) is 14.4 Å². The summed E-state index contributed by atoms with van der Waals surface area (Å²) in [5, 5.41) is 0. The van der Waals surface area contributed by atoms with E-state index in [-0.39, 0.29) is 5.82 Å². The van der Waals surface area contributed by atoms with Crippen LogP contribution in [0.15, 0.2) is 60.9 Å². The van der Waals surface area contributed by atoms with Crippen LogP contribution in [-0.2, 0) is 0 Å². The molecule has 1 heterocycles. The summed E-state index contributed by atoms with van der Waals surface area (Å²) >= 11 is 0. The van der Waals surface area contributed by atoms with Crippen LogP contribution in [0.4, 0.5) is 4.39 Å². The quantitative estimate of drug-likeness (QED) is 0.318. The van der Waals surface area contributed by atoms with Gasteiger partial charge in [0.05, 0.1) is 0 Å². The lowest BCUT2D eigenvalue weighted by Crippen LogP contribution is -2.13. The molecule has 0 spiro atoms. The molecule has 0 amide bonds. The summed E-state index contributed by atoms with van der Waals surface area (Å²) in [6.45, 7) is 2.29. The lowest BCUT2D eigenvalue weighted by Gasteiger charge is -2.29. The van der Waals surface area contributed by atoms with Gasteiger partial charge in [0.15, 0.2) is 5.82 Å². The molecule has 0 atom stereocenters. The summed E-state index contributed by atoms with van der Waals surface area (Å²) < 4.78 is 13.1. The van der Waals surface area contributed by atoms with Gasteiger partial charge in [-0.15, -0.1) is 0 Å². The molecule has 168 valence electrons. The molecule has 1 fully saturated rings. The van der Waals surface area contributed by atoms with E-state index in [9.17, 15) is 4.39 Å². The summed E-state index contributed by atoms with van der Waals surface area (Å²) in [5.41, 5.74) is 4.44. The van der Waals surface area contributed by atoms with Crippen LogP contribution in [-0.4, -0.2) is 9.97 Å². The maximum absolute atomic E-state index is 13.1. The summed E-state index contributed by atoms with van der Waals surface area (Å²) in [6, 6.07) is 15.3. The Morgan fingerprint density at radius 3 is 2.00 bits per heavy atom. The molecule has 3 heteroatoms. The molecule has 1 aliphatic rings. The molecule has 1 aliphatic carbocycles. The minimum absolute atomic E-state index is 0.249. The molecular weight excluding hydrogens is 395 g/mol. The van der Waals surface area contributed by atoms with Crippen LogP contribution in [0.3, 0.4) is 0 Å². The van der Waals surface area contributed by atoms with Gasteiger partial charge in [-0.05, 0) is 72.9 Å². The zero-order valence-corrected chi connectivity index (χ0v) is 19.3. The predicted octanol–water partition coefficient (Wildman–Crippen LogP) is 8.58. The molecule has 2 aromatic carbocycles. The average Bonchev–Trinajstić information content (AvgIpc) is 2.85. The Kier molecular flexibility index (Phi) is 8.03. The average molecular weight is 431 g/mol. The number of benzene rings is 2. The van der Waals surface area contributed by atoms with E-state index >= 15 is 0 Å². The van der Waals surface area contributed by atoms with Gasteiger partial charge in [-0.3, -0.25) is 0 Å². The highest BCUT2D eigenvalue weighted by molar-refractivity contribution is 5.64. The first-order valence-corrected chi connectivity index (χ1v) is 12.4. The first kappa shape index (κ1) is 22.6. The van der Waals surface area contributed by atoms with Crippen LogP contribution in [0, 0.1) is 11.7 Å². The lowest BCUT2D eigenvalue weighted by molar-refractivity contribution is 0.302. The van der Waals surface area contributed by atoms with E-state index in [1.54, 1.807) is 12.1 Å². The van der Waals surface area contributed by atoms with E-state index in [4.69, 9.17) is 0 Å². The van der Waals surface area contributed by atoms with Crippen molar-refractivity contribution in [1.82, 2.24) is 9.97 Å². The van der Waals surface area contributed by atoms with E-state index in [0.29, 0.717) is 11.7 Å². The fraction of sp³-hybridized carbons (Fsp3) is 0.448. The van der Waals surface area contributed by atoms with Crippen molar-refractivity contribution in [3.05, 3.63) is 72.3 Å². The molecule has 4 rings (SSSR count). The fourth-order valence-corrected chi connectivity index (χ4v) is 4.99. The van der Waals surface area contributed by atoms with Crippen molar-refractivity contribution in [2.24, 2.45) is 5.92 Å². The minimum Gasteiger partial charge on any atom is -0.236 e. The maximum Gasteiger partial charge on any atom is 0.159 e. The number of nitrogens with zero attached hydrogens (tertiary/aromatic N) is 2. The van der Waals surface area contributed by atoms with Crippen LogP contribution < -0.4 is 0 Å². The summed E-state index contributed by atoms with van der Waals surface area (Å²) in [5.74, 6) is 2.02. The topological polar surface area (TPSA) is 25.8 Å². The molecule has 0 unspecified atom stereocenters. The first-order chi connectivity index (χ1) is 15.7. The molecule has 1 saturated carbocycles. The smallest absolute Gasteiger partial charge is 0.159 e. The van der Waals surface area contributed by atoms with Crippen LogP contribution >= 0.6 is 0 Å². The monoisotopic (exact) mass is 430 g/mol. The third-order valence-corrected chi connectivity index (χ3v) is 7.03. The maximum atomic E-state index is 13.1. The Labute approximate surface area is 192 Å². The Hall–Kier alpha value is -2.55. The van der Waals surface area contributed by atoms with Crippen molar-refractivity contribution in [3.8, 4) is 22.5 Å². The number of rotatable bonds is 9. The zero-order valence-electron chi connectivity index (χ0n) is 19.3. The van der Waals surface area contributed by atoms with Crippen LogP contribution in [0.1, 0.15) is 82.6 Å². The van der Waals surface area contributed by atoms with Crippen LogP contribution in [0.5, 0.6) is 0 Å². The van der Waals surface area contributed by atoms with Crippen LogP contribution in [0.2, 0.25) is 0 Å². The fourth-order valence-electron chi connectivity index (χ4n) is 4.99. The first-order valence-electron chi connectivity index (χ1n) is 12.4. The van der Waals surface area contributed by atoms with E-state index in [2.05, 4.69) is 41.2 Å². The number of aromatic nitrogens is 2. The Morgan fingerprint density at radius 2 is 1.34 bits per heavy atom. The number of hydrogen-bond acceptors (Lipinski definition) is 2. The molecule has 0 N–H and O–H groups in total. The molecule has 3 aromatic rings. The third-order valence-electron chi connectivity index (χ3n) is 7.03. The summed E-state index contributed by atoms with van der Waals surface area (Å²) in [6.07, 6.45) is 17.6. The third kappa shape index (κ3) is 6.03. The van der Waals surface area contributed by atoms with Crippen LogP contribution in [0.25, 0.3) is 22.5 Å². The molecule has 1 aromatic heterocycles. The zero-order chi connectivity index (χ0) is 22.2. The second kappa shape index (κ2) is 11.4. The van der Waals surface area contributed by atoms with Crippen molar-refractivity contribution >= 4 is 0 Å². The number of unbranched alkanes of at least 4 members (excludes halogenated alkanes) is 4. The largest absolute Gasteiger partial charge is 0.236 e. The van der Waals surface area contributed by atoms with Gasteiger partial charge in [0.25, 0.3) is 0 Å². The summed E-state index contributed by atoms with van der Waals surface area (Å²) in [7, 11) is 0. The molecule has 0 saturated heterocycles. The lowest BCUT2D eigenvalue weighted by atomic mass is 9.77. The van der Waals surface area contributed by atoms with E-state index in [1.165, 1.54) is 81.9 Å². The van der Waals surface area contributed by atoms with Gasteiger partial charge < -0.3 is 0 Å². The van der Waals surface area contributed by atoms with Gasteiger partial charge in [0.2, 0.25) is 0 Å². The van der Waals surface area contributed by atoms with E-state index < -0.39 is 0 Å². The van der Waals surface area contributed by atoms with Gasteiger partial charge in [-0.1, -0.05) is 69.7 Å². The predicted molar refractivity (Wildman–Crippen MR) is 131 cm³/mol. The highest BCUT2D eigenvalue weighted by Crippen LogP contribution is 2.38. The molecule has 0 bridgehead atoms. The molecular formula is C29H35FN2. The Morgan fingerprint density at radius 1 is 0.719 bits per heavy atom. The van der Waals surface area contributed by atoms with Gasteiger partial charge in [-0.2, -0.15) is 0 Å². The number of hydrogen-bond donors (Lipinski definition) is 0. The molecule has 2 nitrogen and oxygen atoms in total. The molecule has 0 aliphatic heterocycles. The van der Waals surface area contributed by atoms with Crippen molar-refractivity contribution in [2.75, 3.05) is 0 Å². The van der Waals surface area contributed by atoms with Crippen molar-refractivity contribution in [1.29, 1.82) is 0 Å². The Bertz CT molecular complexity index is 940. The second-order valence-corrected chi connectivity index (χ2v) is 9.34. The molecule has 32 heavy (non-hydrogen) atoms. The standard InChI is InChI=1S/C29H35FN2/c1-2-3-4-5-6-7-22-8-10-23(11-9-22)24-12-14-25(15-13-24)27-20-31-29(32-21-27)26-16-18-28(30)19-17-26/h12-23H,2-11H2,1H3. The van der Waals surface area contributed by atoms with Crippen molar-refractivity contribution in [2.45, 2.75) is 77.0 Å². The normalized spacial score (nSPS) is 18.6. The van der Waals surface area contributed by atoms with Crippen molar-refractivity contribution in [3.63, 3.8) is 0 Å². The van der Waals surface area contributed by atoms with Gasteiger partial charge in [0.1, 0.15) is 5.82 Å².